The van der Waals surface area contributed by atoms with Crippen molar-refractivity contribution in [1.29, 1.82) is 0 Å². The van der Waals surface area contributed by atoms with Crippen LogP contribution in [0, 0.1) is 5.92 Å². The summed E-state index contributed by atoms with van der Waals surface area (Å²) < 4.78 is 1.80. The number of amides is 2. The standard InChI is InChI=1S/C20H26N4O2/c1-15(25)22-19(17-8-6-7-9-17)20(26)23(2)13-16-12-21-24(14-16)18-10-4-3-5-11-18/h3-5,10-12,14,17,19H,6-9,13H2,1-2H3,(H,22,25). The molecule has 2 amide bonds. The van der Waals surface area contributed by atoms with Crippen molar-refractivity contribution in [3.05, 3.63) is 48.3 Å². The van der Waals surface area contributed by atoms with Crippen molar-refractivity contribution in [3.63, 3.8) is 0 Å². The monoisotopic (exact) mass is 354 g/mol. The van der Waals surface area contributed by atoms with Crippen LogP contribution in [0.3, 0.4) is 0 Å². The highest BCUT2D eigenvalue weighted by atomic mass is 16.2. The number of nitrogens with one attached hydrogen (secondary N) is 1. The molecule has 3 rings (SSSR count). The molecule has 1 unspecified atom stereocenters. The largest absolute Gasteiger partial charge is 0.344 e. The van der Waals surface area contributed by atoms with Crippen molar-refractivity contribution >= 4 is 11.8 Å². The molecule has 1 N–H and O–H groups in total. The summed E-state index contributed by atoms with van der Waals surface area (Å²) in [6.45, 7) is 1.94. The van der Waals surface area contributed by atoms with Gasteiger partial charge in [0.15, 0.2) is 0 Å². The van der Waals surface area contributed by atoms with E-state index in [0.29, 0.717) is 6.54 Å². The van der Waals surface area contributed by atoms with E-state index < -0.39 is 6.04 Å². The van der Waals surface area contributed by atoms with E-state index in [9.17, 15) is 9.59 Å². The van der Waals surface area contributed by atoms with E-state index in [1.807, 2.05) is 36.5 Å². The molecule has 1 atom stereocenters. The number of hydrogen-bond acceptors (Lipinski definition) is 3. The molecule has 1 aliphatic rings. The van der Waals surface area contributed by atoms with E-state index in [1.165, 1.54) is 6.92 Å². The normalized spacial score (nSPS) is 15.6. The Morgan fingerprint density at radius 1 is 1.27 bits per heavy atom. The van der Waals surface area contributed by atoms with Crippen LogP contribution in [0.25, 0.3) is 5.69 Å². The molecule has 6 heteroatoms. The van der Waals surface area contributed by atoms with Crippen LogP contribution in [-0.2, 0) is 16.1 Å². The second-order valence-corrected chi connectivity index (χ2v) is 7.05. The number of likely N-dealkylation sites (N-methyl/N-ethyl adjacent to an activating group) is 1. The average Bonchev–Trinajstić information content (AvgIpc) is 3.31. The van der Waals surface area contributed by atoms with Crippen molar-refractivity contribution in [1.82, 2.24) is 20.0 Å². The van der Waals surface area contributed by atoms with Crippen molar-refractivity contribution in [2.75, 3.05) is 7.05 Å². The fourth-order valence-corrected chi connectivity index (χ4v) is 3.64. The number of carbonyl (C=O) groups is 2. The van der Waals surface area contributed by atoms with E-state index in [4.69, 9.17) is 0 Å². The van der Waals surface area contributed by atoms with Gasteiger partial charge < -0.3 is 10.2 Å². The van der Waals surface area contributed by atoms with Crippen LogP contribution in [0.5, 0.6) is 0 Å². The first-order valence-electron chi connectivity index (χ1n) is 9.15. The molecule has 1 saturated carbocycles. The second kappa shape index (κ2) is 8.17. The van der Waals surface area contributed by atoms with Crippen LogP contribution >= 0.6 is 0 Å². The Balaban J connectivity index is 1.67. The van der Waals surface area contributed by atoms with E-state index >= 15 is 0 Å². The van der Waals surface area contributed by atoms with Crippen LogP contribution in [0.2, 0.25) is 0 Å². The fourth-order valence-electron chi connectivity index (χ4n) is 3.64. The number of para-hydroxylation sites is 1. The molecule has 1 fully saturated rings. The molecule has 1 aliphatic carbocycles. The summed E-state index contributed by atoms with van der Waals surface area (Å²) in [5.41, 5.74) is 1.94. The first-order valence-corrected chi connectivity index (χ1v) is 9.15. The third-order valence-corrected chi connectivity index (χ3v) is 4.95. The molecule has 2 aromatic rings. The molecular formula is C20H26N4O2. The van der Waals surface area contributed by atoms with Crippen molar-refractivity contribution in [2.45, 2.75) is 45.2 Å². The Morgan fingerprint density at radius 2 is 1.96 bits per heavy atom. The van der Waals surface area contributed by atoms with Gasteiger partial charge in [-0.05, 0) is 30.9 Å². The van der Waals surface area contributed by atoms with Gasteiger partial charge in [-0.25, -0.2) is 4.68 Å². The maximum Gasteiger partial charge on any atom is 0.245 e. The van der Waals surface area contributed by atoms with Crippen LogP contribution < -0.4 is 5.32 Å². The number of aromatic nitrogens is 2. The molecule has 1 aromatic carbocycles. The van der Waals surface area contributed by atoms with Gasteiger partial charge in [-0.3, -0.25) is 9.59 Å². The predicted octanol–water partition coefficient (Wildman–Crippen LogP) is 2.53. The topological polar surface area (TPSA) is 67.2 Å². The second-order valence-electron chi connectivity index (χ2n) is 7.05. The Labute approximate surface area is 154 Å². The number of rotatable bonds is 6. The minimum atomic E-state index is -0.427. The molecule has 1 heterocycles. The van der Waals surface area contributed by atoms with Gasteiger partial charge in [-0.1, -0.05) is 31.0 Å². The summed E-state index contributed by atoms with van der Waals surface area (Å²) in [4.78, 5) is 26.2. The summed E-state index contributed by atoms with van der Waals surface area (Å²) in [7, 11) is 1.78. The van der Waals surface area contributed by atoms with Gasteiger partial charge in [-0.15, -0.1) is 0 Å². The molecule has 26 heavy (non-hydrogen) atoms. The summed E-state index contributed by atoms with van der Waals surface area (Å²) in [5, 5.41) is 7.25. The molecule has 0 radical (unpaired) electrons. The lowest BCUT2D eigenvalue weighted by Gasteiger charge is -2.28. The molecule has 6 nitrogen and oxygen atoms in total. The third kappa shape index (κ3) is 4.31. The zero-order chi connectivity index (χ0) is 18.5. The van der Waals surface area contributed by atoms with E-state index in [0.717, 1.165) is 36.9 Å². The predicted molar refractivity (Wildman–Crippen MR) is 99.6 cm³/mol. The Kier molecular flexibility index (Phi) is 5.71. The van der Waals surface area contributed by atoms with Crippen LogP contribution in [0.1, 0.15) is 38.2 Å². The van der Waals surface area contributed by atoms with Gasteiger partial charge in [0.25, 0.3) is 0 Å². The first kappa shape index (κ1) is 18.2. The van der Waals surface area contributed by atoms with Crippen LogP contribution in [0.4, 0.5) is 0 Å². The number of benzene rings is 1. The zero-order valence-electron chi connectivity index (χ0n) is 15.4. The lowest BCUT2D eigenvalue weighted by Crippen LogP contribution is -2.50. The van der Waals surface area contributed by atoms with Gasteiger partial charge >= 0.3 is 0 Å². The van der Waals surface area contributed by atoms with Crippen LogP contribution in [0.15, 0.2) is 42.7 Å². The van der Waals surface area contributed by atoms with Crippen LogP contribution in [-0.4, -0.2) is 39.6 Å². The highest BCUT2D eigenvalue weighted by Crippen LogP contribution is 2.28. The summed E-state index contributed by atoms with van der Waals surface area (Å²) in [6, 6.07) is 9.43. The minimum absolute atomic E-state index is 0.0282. The van der Waals surface area contributed by atoms with Gasteiger partial charge in [0.2, 0.25) is 11.8 Å². The Hall–Kier alpha value is -2.63. The minimum Gasteiger partial charge on any atom is -0.344 e. The van der Waals surface area contributed by atoms with E-state index in [-0.39, 0.29) is 17.7 Å². The first-order chi connectivity index (χ1) is 12.5. The van der Waals surface area contributed by atoms with Gasteiger partial charge in [0.1, 0.15) is 6.04 Å². The molecule has 138 valence electrons. The molecule has 0 bridgehead atoms. The number of carbonyl (C=O) groups excluding carboxylic acids is 2. The van der Waals surface area contributed by atoms with Crippen molar-refractivity contribution in [2.24, 2.45) is 5.92 Å². The number of nitrogens with zero attached hydrogens (tertiary/aromatic N) is 3. The molecule has 1 aromatic heterocycles. The maximum absolute atomic E-state index is 12.9. The average molecular weight is 354 g/mol. The molecule has 0 spiro atoms. The SMILES string of the molecule is CC(=O)NC(C(=O)N(C)Cc1cnn(-c2ccccc2)c1)C1CCCC1. The summed E-state index contributed by atoms with van der Waals surface area (Å²) in [5.74, 6) is 0.0565. The van der Waals surface area contributed by atoms with Gasteiger partial charge in [0, 0.05) is 32.3 Å². The number of hydrogen-bond donors (Lipinski definition) is 1. The lowest BCUT2D eigenvalue weighted by molar-refractivity contribution is -0.137. The molecular weight excluding hydrogens is 328 g/mol. The van der Waals surface area contributed by atoms with Crippen molar-refractivity contribution in [3.8, 4) is 5.69 Å². The Bertz CT molecular complexity index is 750. The highest BCUT2D eigenvalue weighted by molar-refractivity contribution is 5.87. The highest BCUT2D eigenvalue weighted by Gasteiger charge is 2.33. The quantitative estimate of drug-likeness (QED) is 0.867. The third-order valence-electron chi connectivity index (χ3n) is 4.95. The van der Waals surface area contributed by atoms with E-state index in [1.54, 1.807) is 22.8 Å². The maximum atomic E-state index is 12.9. The summed E-state index contributed by atoms with van der Waals surface area (Å²) in [6.07, 6.45) is 7.96. The van der Waals surface area contributed by atoms with Crippen molar-refractivity contribution < 1.29 is 9.59 Å². The summed E-state index contributed by atoms with van der Waals surface area (Å²) >= 11 is 0. The fraction of sp³-hybridized carbons (Fsp3) is 0.450. The molecule has 0 aliphatic heterocycles. The molecule has 0 saturated heterocycles. The van der Waals surface area contributed by atoms with E-state index in [2.05, 4.69) is 10.4 Å². The van der Waals surface area contributed by atoms with Gasteiger partial charge in [0.05, 0.1) is 11.9 Å². The van der Waals surface area contributed by atoms with Gasteiger partial charge in [-0.2, -0.15) is 5.10 Å². The zero-order valence-corrected chi connectivity index (χ0v) is 15.4. The lowest BCUT2D eigenvalue weighted by atomic mass is 9.96. The Morgan fingerprint density at radius 3 is 2.62 bits per heavy atom. The smallest absolute Gasteiger partial charge is 0.245 e.